The van der Waals surface area contributed by atoms with Gasteiger partial charge in [-0.1, -0.05) is 18.2 Å². The maximum atomic E-state index is 13.4. The zero-order valence-electron chi connectivity index (χ0n) is 16.9. The molecule has 3 aromatic rings. The van der Waals surface area contributed by atoms with Crippen molar-refractivity contribution in [2.24, 2.45) is 7.05 Å². The lowest BCUT2D eigenvalue weighted by atomic mass is 10.1. The predicted molar refractivity (Wildman–Crippen MR) is 115 cm³/mol. The highest BCUT2D eigenvalue weighted by Gasteiger charge is 2.35. The second-order valence-corrected chi connectivity index (χ2v) is 7.35. The van der Waals surface area contributed by atoms with Crippen molar-refractivity contribution in [1.82, 2.24) is 9.47 Å². The third-order valence-electron chi connectivity index (χ3n) is 5.56. The number of anilines is 1. The molecule has 7 nitrogen and oxygen atoms in total. The zero-order valence-corrected chi connectivity index (χ0v) is 16.9. The molecule has 0 radical (unpaired) electrons. The van der Waals surface area contributed by atoms with Gasteiger partial charge in [-0.3, -0.25) is 14.4 Å². The number of benzene rings is 2. The van der Waals surface area contributed by atoms with Gasteiger partial charge in [0.1, 0.15) is 11.8 Å². The molecule has 2 amide bonds. The molecule has 1 aliphatic heterocycles. The minimum atomic E-state index is -0.581. The number of aromatic nitrogens is 1. The number of nitrogens with one attached hydrogen (secondary N) is 1. The van der Waals surface area contributed by atoms with Crippen molar-refractivity contribution in [2.75, 3.05) is 19.0 Å². The van der Waals surface area contributed by atoms with Gasteiger partial charge in [0, 0.05) is 30.7 Å². The van der Waals surface area contributed by atoms with Gasteiger partial charge in [0.25, 0.3) is 11.5 Å². The highest BCUT2D eigenvalue weighted by atomic mass is 16.5. The summed E-state index contributed by atoms with van der Waals surface area (Å²) < 4.78 is 6.65. The van der Waals surface area contributed by atoms with Gasteiger partial charge < -0.3 is 19.5 Å². The van der Waals surface area contributed by atoms with E-state index in [1.807, 2.05) is 24.3 Å². The van der Waals surface area contributed by atoms with E-state index in [0.29, 0.717) is 40.9 Å². The standard InChI is InChI=1S/C23H23N3O4/c1-25-19-7-4-3-6-17(19)18(14-21(25)27)23(29)26-13-5-8-20(26)22(28)24-15-9-11-16(30-2)12-10-15/h3-4,6-7,9-12,14,20H,5,8,13H2,1-2H3,(H,24,28). The van der Waals surface area contributed by atoms with E-state index in [0.717, 1.165) is 6.42 Å². The Hall–Kier alpha value is -3.61. The molecular weight excluding hydrogens is 382 g/mol. The lowest BCUT2D eigenvalue weighted by Gasteiger charge is -2.25. The van der Waals surface area contributed by atoms with Crippen molar-refractivity contribution < 1.29 is 14.3 Å². The highest BCUT2D eigenvalue weighted by Crippen LogP contribution is 2.25. The first-order chi connectivity index (χ1) is 14.5. The van der Waals surface area contributed by atoms with Crippen LogP contribution in [0.1, 0.15) is 23.2 Å². The molecule has 1 atom stereocenters. The molecule has 1 aromatic heterocycles. The first-order valence-corrected chi connectivity index (χ1v) is 9.84. The number of methoxy groups -OCH3 is 1. The van der Waals surface area contributed by atoms with Crippen LogP contribution in [0.4, 0.5) is 5.69 Å². The van der Waals surface area contributed by atoms with Crippen molar-refractivity contribution >= 4 is 28.4 Å². The molecule has 4 rings (SSSR count). The molecule has 0 saturated carbocycles. The van der Waals surface area contributed by atoms with E-state index in [2.05, 4.69) is 5.32 Å². The number of para-hydroxylation sites is 1. The molecule has 7 heteroatoms. The number of aryl methyl sites for hydroxylation is 1. The normalized spacial score (nSPS) is 15.9. The number of hydrogen-bond donors (Lipinski definition) is 1. The molecular formula is C23H23N3O4. The summed E-state index contributed by atoms with van der Waals surface area (Å²) in [4.78, 5) is 40.2. The molecule has 154 valence electrons. The summed E-state index contributed by atoms with van der Waals surface area (Å²) in [7, 11) is 3.26. The van der Waals surface area contributed by atoms with Gasteiger partial charge >= 0.3 is 0 Å². The average molecular weight is 405 g/mol. The van der Waals surface area contributed by atoms with Crippen molar-refractivity contribution in [3.05, 3.63) is 70.5 Å². The van der Waals surface area contributed by atoms with E-state index in [-0.39, 0.29) is 17.4 Å². The third kappa shape index (κ3) is 3.54. The summed E-state index contributed by atoms with van der Waals surface area (Å²) in [6, 6.07) is 15.1. The topological polar surface area (TPSA) is 80.6 Å². The third-order valence-corrected chi connectivity index (χ3v) is 5.56. The summed E-state index contributed by atoms with van der Waals surface area (Å²) in [6.45, 7) is 0.475. The number of rotatable bonds is 4. The molecule has 1 saturated heterocycles. The lowest BCUT2D eigenvalue weighted by Crippen LogP contribution is -2.43. The Balaban J connectivity index is 1.61. The molecule has 30 heavy (non-hydrogen) atoms. The number of carbonyl (C=O) groups excluding carboxylic acids is 2. The lowest BCUT2D eigenvalue weighted by molar-refractivity contribution is -0.119. The monoisotopic (exact) mass is 405 g/mol. The molecule has 2 heterocycles. The maximum absolute atomic E-state index is 13.4. The molecule has 0 aliphatic carbocycles. The van der Waals surface area contributed by atoms with Crippen LogP contribution in [0.25, 0.3) is 10.9 Å². The minimum absolute atomic E-state index is 0.237. The highest BCUT2D eigenvalue weighted by molar-refractivity contribution is 6.08. The van der Waals surface area contributed by atoms with Crippen LogP contribution in [0.5, 0.6) is 5.75 Å². The van der Waals surface area contributed by atoms with E-state index in [1.165, 1.54) is 10.6 Å². The van der Waals surface area contributed by atoms with Crippen molar-refractivity contribution in [1.29, 1.82) is 0 Å². The molecule has 1 N–H and O–H groups in total. The number of pyridine rings is 1. The van der Waals surface area contributed by atoms with Crippen LogP contribution >= 0.6 is 0 Å². The van der Waals surface area contributed by atoms with Crippen LogP contribution < -0.4 is 15.6 Å². The second kappa shape index (κ2) is 8.02. The summed E-state index contributed by atoms with van der Waals surface area (Å²) in [5.41, 5.74) is 1.40. The number of carbonyl (C=O) groups is 2. The average Bonchev–Trinajstić information content (AvgIpc) is 3.26. The SMILES string of the molecule is COc1ccc(NC(=O)C2CCCN2C(=O)c2cc(=O)n(C)c3ccccc23)cc1. The Morgan fingerprint density at radius 1 is 1.10 bits per heavy atom. The largest absolute Gasteiger partial charge is 0.497 e. The van der Waals surface area contributed by atoms with Gasteiger partial charge in [0.05, 0.1) is 18.2 Å². The van der Waals surface area contributed by atoms with Crippen LogP contribution in [0.2, 0.25) is 0 Å². The fourth-order valence-corrected chi connectivity index (χ4v) is 3.92. The Kier molecular flexibility index (Phi) is 5.27. The van der Waals surface area contributed by atoms with Crippen molar-refractivity contribution in [2.45, 2.75) is 18.9 Å². The summed E-state index contributed by atoms with van der Waals surface area (Å²) in [6.07, 6.45) is 1.31. The minimum Gasteiger partial charge on any atom is -0.497 e. The van der Waals surface area contributed by atoms with Gasteiger partial charge in [-0.2, -0.15) is 0 Å². The molecule has 1 fully saturated rings. The first-order valence-electron chi connectivity index (χ1n) is 9.84. The first kappa shape index (κ1) is 19.7. The summed E-state index contributed by atoms with van der Waals surface area (Å²) in [5, 5.41) is 3.57. The van der Waals surface area contributed by atoms with Crippen LogP contribution in [-0.2, 0) is 11.8 Å². The summed E-state index contributed by atoms with van der Waals surface area (Å²) >= 11 is 0. The zero-order chi connectivity index (χ0) is 21.3. The number of fused-ring (bicyclic) bond motifs is 1. The number of nitrogens with zero attached hydrogens (tertiary/aromatic N) is 2. The second-order valence-electron chi connectivity index (χ2n) is 7.35. The van der Waals surface area contributed by atoms with E-state index in [9.17, 15) is 14.4 Å². The Labute approximate surface area is 173 Å². The molecule has 0 bridgehead atoms. The van der Waals surface area contributed by atoms with Gasteiger partial charge in [0.2, 0.25) is 5.91 Å². The molecule has 1 unspecified atom stereocenters. The summed E-state index contributed by atoms with van der Waals surface area (Å²) in [5.74, 6) is 0.165. The van der Waals surface area contributed by atoms with Crippen molar-refractivity contribution in [3.8, 4) is 5.75 Å². The van der Waals surface area contributed by atoms with E-state index >= 15 is 0 Å². The van der Waals surface area contributed by atoms with Gasteiger partial charge in [-0.25, -0.2) is 0 Å². The van der Waals surface area contributed by atoms with E-state index < -0.39 is 6.04 Å². The fourth-order valence-electron chi connectivity index (χ4n) is 3.92. The number of hydrogen-bond acceptors (Lipinski definition) is 4. The Morgan fingerprint density at radius 2 is 1.83 bits per heavy atom. The number of likely N-dealkylation sites (tertiary alicyclic amines) is 1. The van der Waals surface area contributed by atoms with Crippen LogP contribution in [-0.4, -0.2) is 41.0 Å². The fraction of sp³-hybridized carbons (Fsp3) is 0.261. The quantitative estimate of drug-likeness (QED) is 0.724. The van der Waals surface area contributed by atoms with Gasteiger partial charge in [-0.15, -0.1) is 0 Å². The van der Waals surface area contributed by atoms with Crippen LogP contribution in [0.3, 0.4) is 0 Å². The van der Waals surface area contributed by atoms with E-state index in [1.54, 1.807) is 43.3 Å². The van der Waals surface area contributed by atoms with Gasteiger partial charge in [0.15, 0.2) is 0 Å². The molecule has 0 spiro atoms. The molecule has 1 aliphatic rings. The number of ether oxygens (including phenoxy) is 1. The Bertz CT molecular complexity index is 1170. The molecule has 2 aromatic carbocycles. The predicted octanol–water partition coefficient (Wildman–Crippen LogP) is 2.79. The Morgan fingerprint density at radius 3 is 2.57 bits per heavy atom. The smallest absolute Gasteiger partial charge is 0.255 e. The van der Waals surface area contributed by atoms with Crippen molar-refractivity contribution in [3.63, 3.8) is 0 Å². The van der Waals surface area contributed by atoms with Crippen LogP contribution in [0, 0.1) is 0 Å². The maximum Gasteiger partial charge on any atom is 0.255 e. The van der Waals surface area contributed by atoms with Gasteiger partial charge in [-0.05, 0) is 43.2 Å². The van der Waals surface area contributed by atoms with Crippen LogP contribution in [0.15, 0.2) is 59.4 Å². The van der Waals surface area contributed by atoms with E-state index in [4.69, 9.17) is 4.74 Å². The number of amides is 2.